The quantitative estimate of drug-likeness (QED) is 0.848. The van der Waals surface area contributed by atoms with Crippen molar-refractivity contribution in [3.63, 3.8) is 0 Å². The minimum atomic E-state index is 0.0407. The van der Waals surface area contributed by atoms with Gasteiger partial charge in [0.2, 0.25) is 11.7 Å². The summed E-state index contributed by atoms with van der Waals surface area (Å²) in [5.41, 5.74) is 0. The molecule has 1 aliphatic heterocycles. The molecule has 94 valence electrons. The maximum Gasteiger partial charge on any atom is 0.243 e. The molecule has 1 aromatic heterocycles. The third-order valence-electron chi connectivity index (χ3n) is 3.47. The molecule has 0 spiro atoms. The van der Waals surface area contributed by atoms with Gasteiger partial charge in [0.15, 0.2) is 0 Å². The van der Waals surface area contributed by atoms with Gasteiger partial charge in [-0.25, -0.2) is 0 Å². The van der Waals surface area contributed by atoms with Crippen molar-refractivity contribution in [1.29, 1.82) is 0 Å². The summed E-state index contributed by atoms with van der Waals surface area (Å²) >= 11 is 0. The summed E-state index contributed by atoms with van der Waals surface area (Å²) in [6.45, 7) is 3.75. The third kappa shape index (κ3) is 2.35. The van der Waals surface area contributed by atoms with E-state index in [2.05, 4.69) is 15.5 Å². The molecule has 2 heterocycles. The van der Waals surface area contributed by atoms with Crippen molar-refractivity contribution in [3.05, 3.63) is 11.7 Å². The van der Waals surface area contributed by atoms with Gasteiger partial charge in [-0.3, -0.25) is 0 Å². The molecule has 0 radical (unpaired) electrons. The largest absolute Gasteiger partial charge is 0.370 e. The zero-order chi connectivity index (χ0) is 11.7. The fourth-order valence-corrected chi connectivity index (χ4v) is 2.40. The molecule has 1 aromatic rings. The predicted octanol–water partition coefficient (Wildman–Crippen LogP) is 1.98. The van der Waals surface area contributed by atoms with Crippen LogP contribution in [0.15, 0.2) is 4.52 Å². The fraction of sp³-hybridized carbons (Fsp3) is 0.833. The van der Waals surface area contributed by atoms with Crippen LogP contribution in [0, 0.1) is 5.92 Å². The number of hydrogen-bond donors (Lipinski definition) is 1. The third-order valence-corrected chi connectivity index (χ3v) is 3.47. The van der Waals surface area contributed by atoms with Gasteiger partial charge >= 0.3 is 0 Å². The van der Waals surface area contributed by atoms with Crippen LogP contribution in [-0.4, -0.2) is 23.3 Å². The molecule has 1 N–H and O–H groups in total. The van der Waals surface area contributed by atoms with Crippen LogP contribution in [0.2, 0.25) is 0 Å². The molecule has 5 heteroatoms. The van der Waals surface area contributed by atoms with E-state index in [4.69, 9.17) is 9.26 Å². The van der Waals surface area contributed by atoms with Gasteiger partial charge in [-0.15, -0.1) is 0 Å². The Labute approximate surface area is 101 Å². The average molecular weight is 237 g/mol. The lowest BCUT2D eigenvalue weighted by atomic mass is 10.2. The summed E-state index contributed by atoms with van der Waals surface area (Å²) in [5.74, 6) is 2.05. The molecule has 1 unspecified atom stereocenters. The number of rotatable bonds is 5. The monoisotopic (exact) mass is 237 g/mol. The SMILES string of the molecule is CCOC(c1noc([C@H]2CCCN2)n1)C1CC1. The van der Waals surface area contributed by atoms with E-state index in [1.54, 1.807) is 0 Å². The van der Waals surface area contributed by atoms with Crippen LogP contribution in [0.5, 0.6) is 0 Å². The lowest BCUT2D eigenvalue weighted by Gasteiger charge is -2.11. The normalized spacial score (nSPS) is 26.3. The predicted molar refractivity (Wildman–Crippen MR) is 61.4 cm³/mol. The van der Waals surface area contributed by atoms with Gasteiger partial charge in [0.25, 0.3) is 0 Å². The maximum atomic E-state index is 5.72. The number of ether oxygens (including phenoxy) is 1. The van der Waals surface area contributed by atoms with E-state index in [1.165, 1.54) is 19.3 Å². The second-order valence-electron chi connectivity index (χ2n) is 4.85. The van der Waals surface area contributed by atoms with Crippen LogP contribution in [-0.2, 0) is 4.74 Å². The smallest absolute Gasteiger partial charge is 0.243 e. The molecule has 2 fully saturated rings. The molecule has 17 heavy (non-hydrogen) atoms. The Kier molecular flexibility index (Phi) is 3.11. The van der Waals surface area contributed by atoms with Gasteiger partial charge < -0.3 is 14.6 Å². The minimum absolute atomic E-state index is 0.0407. The van der Waals surface area contributed by atoms with Gasteiger partial charge in [-0.2, -0.15) is 4.98 Å². The van der Waals surface area contributed by atoms with Gasteiger partial charge in [0.1, 0.15) is 6.10 Å². The van der Waals surface area contributed by atoms with Crippen LogP contribution >= 0.6 is 0 Å². The van der Waals surface area contributed by atoms with Gasteiger partial charge in [0.05, 0.1) is 6.04 Å². The van der Waals surface area contributed by atoms with E-state index in [0.717, 1.165) is 24.7 Å². The standard InChI is InChI=1S/C12H19N3O2/c1-2-16-10(8-5-6-8)11-14-12(17-15-11)9-4-3-7-13-9/h8-10,13H,2-7H2,1H3/t9-,10?/m1/s1. The topological polar surface area (TPSA) is 60.2 Å². The molecule has 1 saturated heterocycles. The molecule has 1 aliphatic carbocycles. The second-order valence-corrected chi connectivity index (χ2v) is 4.85. The molecule has 3 rings (SSSR count). The highest BCUT2D eigenvalue weighted by atomic mass is 16.5. The lowest BCUT2D eigenvalue weighted by molar-refractivity contribution is 0.0384. The Bertz CT molecular complexity index is 370. The van der Waals surface area contributed by atoms with Crippen LogP contribution < -0.4 is 5.32 Å². The summed E-state index contributed by atoms with van der Waals surface area (Å²) in [5, 5.41) is 7.45. The Hall–Kier alpha value is -0.940. The first kappa shape index (κ1) is 11.2. The molecular formula is C12H19N3O2. The minimum Gasteiger partial charge on any atom is -0.370 e. The molecule has 1 saturated carbocycles. The van der Waals surface area contributed by atoms with E-state index in [9.17, 15) is 0 Å². The van der Waals surface area contributed by atoms with Crippen LogP contribution in [0.4, 0.5) is 0 Å². The van der Waals surface area contributed by atoms with Gasteiger partial charge in [-0.05, 0) is 45.1 Å². The first-order valence-electron chi connectivity index (χ1n) is 6.57. The molecular weight excluding hydrogens is 218 g/mol. The Morgan fingerprint density at radius 2 is 2.35 bits per heavy atom. The van der Waals surface area contributed by atoms with Crippen molar-refractivity contribution in [2.75, 3.05) is 13.2 Å². The summed E-state index contributed by atoms with van der Waals surface area (Å²) in [6, 6.07) is 0.248. The summed E-state index contributed by atoms with van der Waals surface area (Å²) in [4.78, 5) is 4.51. The Morgan fingerprint density at radius 1 is 1.47 bits per heavy atom. The first-order valence-corrected chi connectivity index (χ1v) is 6.57. The zero-order valence-electron chi connectivity index (χ0n) is 10.2. The number of hydrogen-bond acceptors (Lipinski definition) is 5. The highest BCUT2D eigenvalue weighted by Gasteiger charge is 2.36. The van der Waals surface area contributed by atoms with E-state index >= 15 is 0 Å². The molecule has 5 nitrogen and oxygen atoms in total. The van der Waals surface area contributed by atoms with Crippen molar-refractivity contribution >= 4 is 0 Å². The number of nitrogens with one attached hydrogen (secondary N) is 1. The molecule has 2 atom stereocenters. The van der Waals surface area contributed by atoms with E-state index < -0.39 is 0 Å². The molecule has 0 amide bonds. The van der Waals surface area contributed by atoms with E-state index in [1.807, 2.05) is 6.92 Å². The summed E-state index contributed by atoms with van der Waals surface area (Å²) < 4.78 is 11.1. The van der Waals surface area contributed by atoms with Crippen LogP contribution in [0.1, 0.15) is 56.5 Å². The molecule has 0 bridgehead atoms. The fourth-order valence-electron chi connectivity index (χ4n) is 2.40. The lowest BCUT2D eigenvalue weighted by Crippen LogP contribution is -2.14. The van der Waals surface area contributed by atoms with Crippen molar-refractivity contribution < 1.29 is 9.26 Å². The Balaban J connectivity index is 1.73. The van der Waals surface area contributed by atoms with Gasteiger partial charge in [0, 0.05) is 6.61 Å². The highest BCUT2D eigenvalue weighted by Crippen LogP contribution is 2.42. The maximum absolute atomic E-state index is 5.72. The van der Waals surface area contributed by atoms with Crippen LogP contribution in [0.3, 0.4) is 0 Å². The first-order chi connectivity index (χ1) is 8.38. The summed E-state index contributed by atoms with van der Waals surface area (Å²) in [7, 11) is 0. The molecule has 2 aliphatic rings. The van der Waals surface area contributed by atoms with E-state index in [0.29, 0.717) is 12.5 Å². The van der Waals surface area contributed by atoms with Crippen molar-refractivity contribution in [3.8, 4) is 0 Å². The van der Waals surface area contributed by atoms with Gasteiger partial charge in [-0.1, -0.05) is 5.16 Å². The Morgan fingerprint density at radius 3 is 3.00 bits per heavy atom. The van der Waals surface area contributed by atoms with E-state index in [-0.39, 0.29) is 12.1 Å². The zero-order valence-corrected chi connectivity index (χ0v) is 10.2. The average Bonchev–Trinajstić information content (AvgIpc) is 2.84. The van der Waals surface area contributed by atoms with Crippen molar-refractivity contribution in [2.45, 2.75) is 44.8 Å². The number of aromatic nitrogens is 2. The van der Waals surface area contributed by atoms with Crippen molar-refractivity contribution in [2.24, 2.45) is 5.92 Å². The van der Waals surface area contributed by atoms with Crippen molar-refractivity contribution in [1.82, 2.24) is 15.5 Å². The van der Waals surface area contributed by atoms with Crippen LogP contribution in [0.25, 0.3) is 0 Å². The second kappa shape index (κ2) is 4.74. The highest BCUT2D eigenvalue weighted by molar-refractivity contribution is 5.01. The summed E-state index contributed by atoms with van der Waals surface area (Å²) in [6.07, 6.45) is 4.75. The number of nitrogens with zero attached hydrogens (tertiary/aromatic N) is 2. The molecule has 0 aromatic carbocycles.